The molecule has 9 nitrogen and oxygen atoms in total. The van der Waals surface area contributed by atoms with Gasteiger partial charge in [0.25, 0.3) is 5.91 Å². The van der Waals surface area contributed by atoms with Gasteiger partial charge >= 0.3 is 0 Å². The van der Waals surface area contributed by atoms with Crippen LogP contribution < -0.4 is 10.0 Å². The number of rotatable bonds is 5. The van der Waals surface area contributed by atoms with E-state index in [1.54, 1.807) is 4.68 Å². The maximum atomic E-state index is 12.5. The number of hydrogen-bond acceptors (Lipinski definition) is 6. The zero-order valence-corrected chi connectivity index (χ0v) is 13.5. The van der Waals surface area contributed by atoms with Gasteiger partial charge in [-0.1, -0.05) is 0 Å². The largest absolute Gasteiger partial charge is 0.619 e. The molecule has 1 saturated carbocycles. The summed E-state index contributed by atoms with van der Waals surface area (Å²) in [7, 11) is 0. The van der Waals surface area contributed by atoms with E-state index in [0.717, 1.165) is 30.5 Å². The van der Waals surface area contributed by atoms with Crippen molar-refractivity contribution >= 4 is 5.91 Å². The first-order valence-electron chi connectivity index (χ1n) is 8.32. The average molecular weight is 345 g/mol. The van der Waals surface area contributed by atoms with E-state index in [9.17, 15) is 15.1 Å². The fourth-order valence-electron chi connectivity index (χ4n) is 3.51. The van der Waals surface area contributed by atoms with Crippen LogP contribution in [0.1, 0.15) is 40.5 Å². The minimum atomic E-state index is -1.01. The third kappa shape index (κ3) is 2.85. The second-order valence-electron chi connectivity index (χ2n) is 6.59. The highest BCUT2D eigenvalue weighted by atomic mass is 16.5. The van der Waals surface area contributed by atoms with E-state index in [1.165, 1.54) is 18.6 Å². The Labute approximate surface area is 143 Å². The quantitative estimate of drug-likeness (QED) is 0.473. The van der Waals surface area contributed by atoms with Crippen molar-refractivity contribution in [2.45, 2.75) is 31.3 Å². The Morgan fingerprint density at radius 2 is 2.40 bits per heavy atom. The van der Waals surface area contributed by atoms with Crippen LogP contribution >= 0.6 is 0 Å². The Morgan fingerprint density at radius 3 is 3.16 bits per heavy atom. The van der Waals surface area contributed by atoms with Gasteiger partial charge in [-0.2, -0.15) is 9.83 Å². The predicted molar refractivity (Wildman–Crippen MR) is 84.9 cm³/mol. The monoisotopic (exact) mass is 345 g/mol. The zero-order valence-electron chi connectivity index (χ0n) is 13.5. The molecule has 2 aliphatic rings. The molecule has 2 aromatic rings. The molecular formula is C16H19N5O4. The Bertz CT molecular complexity index is 821. The minimum absolute atomic E-state index is 0.0484. The molecule has 0 bridgehead atoms. The third-order valence-electron chi connectivity index (χ3n) is 4.87. The summed E-state index contributed by atoms with van der Waals surface area (Å²) >= 11 is 0. The first-order chi connectivity index (χ1) is 12.1. The molecule has 0 aromatic carbocycles. The number of fused-ring (bicyclic) bond motifs is 3. The van der Waals surface area contributed by atoms with Gasteiger partial charge in [0.2, 0.25) is 12.0 Å². The molecule has 3 atom stereocenters. The molecule has 0 radical (unpaired) electrons. The lowest BCUT2D eigenvalue weighted by molar-refractivity contribution is -0.605. The summed E-state index contributed by atoms with van der Waals surface area (Å²) in [4.78, 5) is 16.7. The van der Waals surface area contributed by atoms with Gasteiger partial charge in [0.15, 0.2) is 11.9 Å². The molecule has 2 aliphatic carbocycles. The van der Waals surface area contributed by atoms with Gasteiger partial charge in [-0.25, -0.2) is 9.67 Å². The molecule has 2 aromatic heterocycles. The summed E-state index contributed by atoms with van der Waals surface area (Å²) in [6, 6.07) is 0. The lowest BCUT2D eigenvalue weighted by Crippen LogP contribution is -2.34. The fraction of sp³-hybridized carbons (Fsp3) is 0.500. The molecule has 1 amide bonds. The Kier molecular flexibility index (Phi) is 3.89. The van der Waals surface area contributed by atoms with Crippen LogP contribution in [-0.4, -0.2) is 50.1 Å². The lowest BCUT2D eigenvalue weighted by Gasteiger charge is -2.13. The van der Waals surface area contributed by atoms with Crippen LogP contribution in [0.25, 0.3) is 5.82 Å². The van der Waals surface area contributed by atoms with Crippen LogP contribution in [0.3, 0.4) is 0 Å². The van der Waals surface area contributed by atoms with Crippen molar-refractivity contribution in [3.63, 3.8) is 0 Å². The molecule has 1 fully saturated rings. The number of carbonyl (C=O) groups is 1. The van der Waals surface area contributed by atoms with Crippen molar-refractivity contribution in [3.8, 4) is 5.82 Å². The average Bonchev–Trinajstić information content (AvgIpc) is 3.31. The number of nitrogens with zero attached hydrogens (tertiary/aromatic N) is 4. The number of nitrogens with one attached hydrogen (secondary N) is 1. The van der Waals surface area contributed by atoms with Gasteiger partial charge in [-0.05, 0) is 25.2 Å². The highest BCUT2D eigenvalue weighted by Crippen LogP contribution is 2.55. The topological polar surface area (TPSA) is 127 Å². The standard InChI is InChI=1S/C16H19N5O4/c22-8-10(23)6-18-16(24)14-11-2-1-9-5-12(9)15(11)21(19-14)13-7-20(25)4-3-17-13/h3-4,7,9-10,12,22-23H,1-2,5-6,8H2,(H,18,24)/t9-,10?,12+/m1/s1. The second-order valence-corrected chi connectivity index (χ2v) is 6.59. The SMILES string of the molecule is O=C(NCC(O)CO)c1nn(-c2c[n+]([O-])ccn2)c2c1CC[C@@H]1C[C@H]21. The number of hydrogen-bond donors (Lipinski definition) is 3. The Morgan fingerprint density at radius 1 is 1.56 bits per heavy atom. The van der Waals surface area contributed by atoms with Crippen molar-refractivity contribution in [2.75, 3.05) is 13.2 Å². The van der Waals surface area contributed by atoms with Gasteiger partial charge < -0.3 is 20.7 Å². The molecule has 2 heterocycles. The van der Waals surface area contributed by atoms with E-state index in [-0.39, 0.29) is 6.54 Å². The van der Waals surface area contributed by atoms with Crippen molar-refractivity contribution in [1.29, 1.82) is 0 Å². The van der Waals surface area contributed by atoms with Crippen molar-refractivity contribution in [3.05, 3.63) is 40.7 Å². The molecule has 25 heavy (non-hydrogen) atoms. The summed E-state index contributed by atoms with van der Waals surface area (Å²) in [6.07, 6.45) is 5.86. The van der Waals surface area contributed by atoms with E-state index < -0.39 is 18.6 Å². The lowest BCUT2D eigenvalue weighted by atomic mass is 9.95. The highest BCUT2D eigenvalue weighted by molar-refractivity contribution is 5.94. The number of aromatic nitrogens is 4. The van der Waals surface area contributed by atoms with Gasteiger partial charge in [0, 0.05) is 18.0 Å². The van der Waals surface area contributed by atoms with Crippen LogP contribution in [0.5, 0.6) is 0 Å². The van der Waals surface area contributed by atoms with E-state index in [0.29, 0.717) is 28.1 Å². The maximum absolute atomic E-state index is 12.5. The van der Waals surface area contributed by atoms with E-state index in [4.69, 9.17) is 5.11 Å². The van der Waals surface area contributed by atoms with Crippen LogP contribution in [-0.2, 0) is 6.42 Å². The van der Waals surface area contributed by atoms with Gasteiger partial charge in [-0.15, -0.1) is 0 Å². The van der Waals surface area contributed by atoms with Gasteiger partial charge in [0.1, 0.15) is 0 Å². The summed E-state index contributed by atoms with van der Waals surface area (Å²) in [5.41, 5.74) is 2.15. The minimum Gasteiger partial charge on any atom is -0.619 e. The molecule has 4 rings (SSSR count). The van der Waals surface area contributed by atoms with E-state index >= 15 is 0 Å². The molecule has 0 aliphatic heterocycles. The van der Waals surface area contributed by atoms with Gasteiger partial charge in [-0.3, -0.25) is 4.79 Å². The summed E-state index contributed by atoms with van der Waals surface area (Å²) in [5, 5.41) is 36.9. The van der Waals surface area contributed by atoms with Crippen LogP contribution in [0.4, 0.5) is 0 Å². The predicted octanol–water partition coefficient (Wildman–Crippen LogP) is -0.967. The number of carbonyl (C=O) groups excluding carboxylic acids is 1. The maximum Gasteiger partial charge on any atom is 0.272 e. The van der Waals surface area contributed by atoms with Crippen molar-refractivity contribution < 1.29 is 19.7 Å². The van der Waals surface area contributed by atoms with Crippen LogP contribution in [0.2, 0.25) is 0 Å². The van der Waals surface area contributed by atoms with Crippen molar-refractivity contribution in [2.24, 2.45) is 5.92 Å². The summed E-state index contributed by atoms with van der Waals surface area (Å²) in [5.74, 6) is 0.948. The molecule has 1 unspecified atom stereocenters. The fourth-order valence-corrected chi connectivity index (χ4v) is 3.51. The second kappa shape index (κ2) is 6.08. The number of aliphatic hydroxyl groups excluding tert-OH is 2. The Hall–Kier alpha value is -2.52. The van der Waals surface area contributed by atoms with Crippen molar-refractivity contribution in [1.82, 2.24) is 20.1 Å². The highest BCUT2D eigenvalue weighted by Gasteiger charge is 2.47. The molecule has 3 N–H and O–H groups in total. The molecule has 9 heteroatoms. The zero-order chi connectivity index (χ0) is 17.6. The molecule has 132 valence electrons. The molecular weight excluding hydrogens is 326 g/mol. The number of aliphatic hydroxyl groups is 2. The normalized spacial score (nSPS) is 22.0. The Balaban J connectivity index is 1.71. The molecule has 0 spiro atoms. The van der Waals surface area contributed by atoms with E-state index in [1.807, 2.05) is 0 Å². The first-order valence-corrected chi connectivity index (χ1v) is 8.32. The molecule has 0 saturated heterocycles. The number of amides is 1. The summed E-state index contributed by atoms with van der Waals surface area (Å²) in [6.45, 7) is -0.471. The van der Waals surface area contributed by atoms with E-state index in [2.05, 4.69) is 15.4 Å². The van der Waals surface area contributed by atoms with Crippen LogP contribution in [0, 0.1) is 11.1 Å². The first kappa shape index (κ1) is 16.0. The third-order valence-corrected chi connectivity index (χ3v) is 4.87. The summed E-state index contributed by atoms with van der Waals surface area (Å²) < 4.78 is 2.26. The van der Waals surface area contributed by atoms with Gasteiger partial charge in [0.05, 0.1) is 24.6 Å². The smallest absolute Gasteiger partial charge is 0.272 e. The van der Waals surface area contributed by atoms with Crippen LogP contribution in [0.15, 0.2) is 18.6 Å².